The summed E-state index contributed by atoms with van der Waals surface area (Å²) >= 11 is 0. The van der Waals surface area contributed by atoms with Gasteiger partial charge in [-0.3, -0.25) is 9.69 Å². The van der Waals surface area contributed by atoms with Gasteiger partial charge in [-0.1, -0.05) is 25.5 Å². The normalized spacial score (nSPS) is 16.4. The molecule has 0 bridgehead atoms. The number of nitrogens with two attached hydrogens (primary N) is 1. The summed E-state index contributed by atoms with van der Waals surface area (Å²) in [6.07, 6.45) is 2.64. The van der Waals surface area contributed by atoms with Crippen LogP contribution in [0.25, 0.3) is 0 Å². The predicted molar refractivity (Wildman–Crippen MR) is 96.2 cm³/mol. The van der Waals surface area contributed by atoms with Crippen LogP contribution in [0.1, 0.15) is 25.3 Å². The van der Waals surface area contributed by atoms with Gasteiger partial charge >= 0.3 is 0 Å². The van der Waals surface area contributed by atoms with Crippen molar-refractivity contribution in [3.8, 4) is 0 Å². The van der Waals surface area contributed by atoms with Gasteiger partial charge in [0.1, 0.15) is 0 Å². The Hall–Kier alpha value is -1.14. The molecule has 0 spiro atoms. The molecular formula is C17H28ClN3O2. The first kappa shape index (κ1) is 19.9. The zero-order valence-corrected chi connectivity index (χ0v) is 14.6. The van der Waals surface area contributed by atoms with Crippen molar-refractivity contribution < 1.29 is 9.53 Å². The summed E-state index contributed by atoms with van der Waals surface area (Å²) in [4.78, 5) is 14.3. The molecule has 1 unspecified atom stereocenters. The largest absolute Gasteiger partial charge is 0.379 e. The lowest BCUT2D eigenvalue weighted by Crippen LogP contribution is -2.37. The first-order valence-electron chi connectivity index (χ1n) is 8.14. The van der Waals surface area contributed by atoms with Crippen LogP contribution in [0.4, 0.5) is 5.69 Å². The molecule has 0 saturated carbocycles. The maximum atomic E-state index is 11.9. The molecule has 1 aliphatic heterocycles. The van der Waals surface area contributed by atoms with E-state index in [0.717, 1.165) is 51.4 Å². The second-order valence-electron chi connectivity index (χ2n) is 5.79. The number of benzene rings is 1. The van der Waals surface area contributed by atoms with Crippen LogP contribution in [0, 0.1) is 0 Å². The van der Waals surface area contributed by atoms with Crippen LogP contribution in [-0.2, 0) is 16.0 Å². The maximum absolute atomic E-state index is 11.9. The summed E-state index contributed by atoms with van der Waals surface area (Å²) in [5.41, 5.74) is 7.90. The third-order valence-corrected chi connectivity index (χ3v) is 3.98. The summed E-state index contributed by atoms with van der Waals surface area (Å²) in [6.45, 7) is 6.78. The van der Waals surface area contributed by atoms with Crippen molar-refractivity contribution in [1.29, 1.82) is 0 Å². The monoisotopic (exact) mass is 341 g/mol. The average molecular weight is 342 g/mol. The van der Waals surface area contributed by atoms with Gasteiger partial charge in [-0.25, -0.2) is 0 Å². The lowest BCUT2D eigenvalue weighted by molar-refractivity contribution is -0.117. The Morgan fingerprint density at radius 1 is 1.30 bits per heavy atom. The smallest absolute Gasteiger partial charge is 0.241 e. The van der Waals surface area contributed by atoms with Gasteiger partial charge in [-0.05, 0) is 30.5 Å². The summed E-state index contributed by atoms with van der Waals surface area (Å²) < 4.78 is 5.35. The molecule has 5 nitrogen and oxygen atoms in total. The van der Waals surface area contributed by atoms with Crippen LogP contribution >= 0.6 is 12.4 Å². The van der Waals surface area contributed by atoms with Crippen LogP contribution in [0.5, 0.6) is 0 Å². The Labute approximate surface area is 145 Å². The van der Waals surface area contributed by atoms with Crippen molar-refractivity contribution in [2.24, 2.45) is 5.73 Å². The van der Waals surface area contributed by atoms with Crippen LogP contribution in [0.15, 0.2) is 24.3 Å². The summed E-state index contributed by atoms with van der Waals surface area (Å²) in [6, 6.07) is 7.62. The fraction of sp³-hybridized carbons (Fsp3) is 0.588. The van der Waals surface area contributed by atoms with Gasteiger partial charge in [0.05, 0.1) is 19.3 Å². The molecule has 6 heteroatoms. The van der Waals surface area contributed by atoms with Gasteiger partial charge < -0.3 is 15.8 Å². The summed E-state index contributed by atoms with van der Waals surface area (Å²) in [7, 11) is 0. The fourth-order valence-electron chi connectivity index (χ4n) is 2.54. The number of nitrogens with one attached hydrogen (secondary N) is 1. The van der Waals surface area contributed by atoms with E-state index in [2.05, 4.69) is 22.3 Å². The molecule has 1 aromatic rings. The number of ether oxygens (including phenoxy) is 1. The molecule has 0 radical (unpaired) electrons. The Kier molecular flexibility index (Phi) is 9.17. The topological polar surface area (TPSA) is 67.6 Å². The number of carbonyl (C=O) groups excluding carboxylic acids is 1. The second-order valence-corrected chi connectivity index (χ2v) is 5.79. The molecule has 1 saturated heterocycles. The van der Waals surface area contributed by atoms with E-state index in [1.807, 2.05) is 19.1 Å². The molecular weight excluding hydrogens is 314 g/mol. The van der Waals surface area contributed by atoms with Gasteiger partial charge in [0, 0.05) is 25.3 Å². The van der Waals surface area contributed by atoms with E-state index in [4.69, 9.17) is 10.5 Å². The van der Waals surface area contributed by atoms with Crippen LogP contribution < -0.4 is 11.1 Å². The second kappa shape index (κ2) is 10.6. The number of hydrogen-bond donors (Lipinski definition) is 2. The SMILES string of the molecule is CCCC(N)C(=O)Nc1ccc(CCN2CCOCC2)cc1.Cl. The summed E-state index contributed by atoms with van der Waals surface area (Å²) in [5, 5.41) is 2.87. The van der Waals surface area contributed by atoms with Crippen LogP contribution in [-0.4, -0.2) is 49.7 Å². The molecule has 1 aromatic carbocycles. The highest BCUT2D eigenvalue weighted by atomic mass is 35.5. The van der Waals surface area contributed by atoms with E-state index in [1.165, 1.54) is 5.56 Å². The van der Waals surface area contributed by atoms with E-state index >= 15 is 0 Å². The maximum Gasteiger partial charge on any atom is 0.241 e. The first-order chi connectivity index (χ1) is 10.7. The Bertz CT molecular complexity index is 461. The molecule has 1 heterocycles. The van der Waals surface area contributed by atoms with Crippen LogP contribution in [0.2, 0.25) is 0 Å². The number of halogens is 1. The highest BCUT2D eigenvalue weighted by Crippen LogP contribution is 2.11. The van der Waals surface area contributed by atoms with Gasteiger partial charge in [0.15, 0.2) is 0 Å². The molecule has 0 aromatic heterocycles. The minimum atomic E-state index is -0.425. The van der Waals surface area contributed by atoms with Gasteiger partial charge in [-0.2, -0.15) is 0 Å². The molecule has 1 atom stereocenters. The fourth-order valence-corrected chi connectivity index (χ4v) is 2.54. The number of carbonyl (C=O) groups is 1. The van der Waals surface area contributed by atoms with E-state index in [0.29, 0.717) is 6.42 Å². The Morgan fingerprint density at radius 2 is 1.96 bits per heavy atom. The number of rotatable bonds is 7. The quantitative estimate of drug-likeness (QED) is 0.796. The molecule has 1 amide bonds. The molecule has 3 N–H and O–H groups in total. The molecule has 1 fully saturated rings. The molecule has 0 aliphatic carbocycles. The highest BCUT2D eigenvalue weighted by Gasteiger charge is 2.12. The van der Waals surface area contributed by atoms with E-state index < -0.39 is 6.04 Å². The van der Waals surface area contributed by atoms with Crippen molar-refractivity contribution in [3.63, 3.8) is 0 Å². The number of anilines is 1. The number of amides is 1. The Morgan fingerprint density at radius 3 is 2.57 bits per heavy atom. The van der Waals surface area contributed by atoms with Gasteiger partial charge in [0.25, 0.3) is 0 Å². The number of morpholine rings is 1. The van der Waals surface area contributed by atoms with Gasteiger partial charge in [0.2, 0.25) is 5.91 Å². The summed E-state index contributed by atoms with van der Waals surface area (Å²) in [5.74, 6) is -0.108. The zero-order valence-electron chi connectivity index (χ0n) is 13.8. The third kappa shape index (κ3) is 6.87. The standard InChI is InChI=1S/C17H27N3O2.ClH/c1-2-3-16(18)17(21)19-15-6-4-14(5-7-15)8-9-20-10-12-22-13-11-20;/h4-7,16H,2-3,8-13,18H2,1H3,(H,19,21);1H. The average Bonchev–Trinajstić information content (AvgIpc) is 2.55. The number of hydrogen-bond acceptors (Lipinski definition) is 4. The molecule has 130 valence electrons. The minimum Gasteiger partial charge on any atom is -0.379 e. The third-order valence-electron chi connectivity index (χ3n) is 3.98. The predicted octanol–water partition coefficient (Wildman–Crippen LogP) is 2.05. The lowest BCUT2D eigenvalue weighted by Gasteiger charge is -2.26. The van der Waals surface area contributed by atoms with Crippen LogP contribution in [0.3, 0.4) is 0 Å². The first-order valence-corrected chi connectivity index (χ1v) is 8.14. The zero-order chi connectivity index (χ0) is 15.8. The molecule has 1 aliphatic rings. The van der Waals surface area contributed by atoms with Crippen molar-refractivity contribution in [1.82, 2.24) is 4.90 Å². The van der Waals surface area contributed by atoms with E-state index in [-0.39, 0.29) is 18.3 Å². The van der Waals surface area contributed by atoms with E-state index in [1.54, 1.807) is 0 Å². The molecule has 23 heavy (non-hydrogen) atoms. The van der Waals surface area contributed by atoms with Crippen molar-refractivity contribution in [2.45, 2.75) is 32.2 Å². The highest BCUT2D eigenvalue weighted by molar-refractivity contribution is 5.94. The van der Waals surface area contributed by atoms with Crippen molar-refractivity contribution >= 4 is 24.0 Å². The van der Waals surface area contributed by atoms with Crippen molar-refractivity contribution in [2.75, 3.05) is 38.2 Å². The lowest BCUT2D eigenvalue weighted by atomic mass is 10.1. The van der Waals surface area contributed by atoms with Crippen molar-refractivity contribution in [3.05, 3.63) is 29.8 Å². The number of nitrogens with zero attached hydrogens (tertiary/aromatic N) is 1. The van der Waals surface area contributed by atoms with E-state index in [9.17, 15) is 4.79 Å². The minimum absolute atomic E-state index is 0. The van der Waals surface area contributed by atoms with Gasteiger partial charge in [-0.15, -0.1) is 12.4 Å². The molecule has 2 rings (SSSR count). The Balaban J connectivity index is 0.00000264.